The Kier molecular flexibility index (Phi) is 6.97. The van der Waals surface area contributed by atoms with Crippen molar-refractivity contribution >= 4 is 11.6 Å². The SMILES string of the molecule is CCc1ccccc1C1=[C-]CCC(=O)N1CC(F)F.[Y]. The molecular weight excluding hydrogens is 337 g/mol. The van der Waals surface area contributed by atoms with Gasteiger partial charge in [-0.05, 0) is 6.42 Å². The van der Waals surface area contributed by atoms with Crippen molar-refractivity contribution in [2.75, 3.05) is 6.54 Å². The average molecular weight is 353 g/mol. The van der Waals surface area contributed by atoms with Gasteiger partial charge in [-0.3, -0.25) is 4.79 Å². The van der Waals surface area contributed by atoms with Gasteiger partial charge in [0.2, 0.25) is 5.91 Å². The second-order valence-corrected chi connectivity index (χ2v) is 4.43. The van der Waals surface area contributed by atoms with Crippen LogP contribution in [0.2, 0.25) is 0 Å². The molecule has 1 aliphatic rings. The minimum Gasteiger partial charge on any atom is -0.342 e. The van der Waals surface area contributed by atoms with Crippen molar-refractivity contribution in [3.05, 3.63) is 41.5 Å². The third-order valence-corrected chi connectivity index (χ3v) is 3.18. The van der Waals surface area contributed by atoms with Crippen LogP contribution in [0.3, 0.4) is 0 Å². The van der Waals surface area contributed by atoms with Crippen LogP contribution < -0.4 is 0 Å². The van der Waals surface area contributed by atoms with E-state index in [1.54, 1.807) is 0 Å². The fourth-order valence-electron chi connectivity index (χ4n) is 2.27. The Morgan fingerprint density at radius 3 is 2.70 bits per heavy atom. The molecule has 0 bridgehead atoms. The Bertz CT molecular complexity index is 502. The van der Waals surface area contributed by atoms with Crippen LogP contribution in [0.25, 0.3) is 5.70 Å². The van der Waals surface area contributed by atoms with Crippen LogP contribution in [0.15, 0.2) is 24.3 Å². The molecule has 0 unspecified atom stereocenters. The molecule has 0 N–H and O–H groups in total. The maximum atomic E-state index is 12.6. The molecule has 1 aromatic carbocycles. The summed E-state index contributed by atoms with van der Waals surface area (Å²) < 4.78 is 25.3. The van der Waals surface area contributed by atoms with E-state index in [0.717, 1.165) is 17.5 Å². The smallest absolute Gasteiger partial charge is 0.256 e. The molecule has 0 atom stereocenters. The van der Waals surface area contributed by atoms with Gasteiger partial charge in [-0.15, -0.1) is 29.3 Å². The van der Waals surface area contributed by atoms with Crippen molar-refractivity contribution in [3.8, 4) is 0 Å². The van der Waals surface area contributed by atoms with Gasteiger partial charge >= 0.3 is 0 Å². The molecule has 0 saturated heterocycles. The van der Waals surface area contributed by atoms with Crippen LogP contribution in [0.1, 0.15) is 30.9 Å². The minimum absolute atomic E-state index is 0. The molecule has 20 heavy (non-hydrogen) atoms. The molecule has 1 heterocycles. The molecule has 2 rings (SSSR count). The number of benzene rings is 1. The Morgan fingerprint density at radius 1 is 1.35 bits per heavy atom. The van der Waals surface area contributed by atoms with Crippen LogP contribution in [0, 0.1) is 6.08 Å². The second-order valence-electron chi connectivity index (χ2n) is 4.43. The Balaban J connectivity index is 0.00000200. The number of carbonyl (C=O) groups excluding carboxylic acids is 1. The number of carbonyl (C=O) groups is 1. The number of aryl methyl sites for hydroxylation is 1. The fraction of sp³-hybridized carbons (Fsp3) is 0.400. The van der Waals surface area contributed by atoms with Gasteiger partial charge in [-0.25, -0.2) is 14.9 Å². The third kappa shape index (κ3) is 3.95. The molecule has 0 aromatic heterocycles. The van der Waals surface area contributed by atoms with Gasteiger partial charge in [0.15, 0.2) is 0 Å². The number of hydrogen-bond donors (Lipinski definition) is 0. The van der Waals surface area contributed by atoms with Crippen molar-refractivity contribution in [2.24, 2.45) is 0 Å². The van der Waals surface area contributed by atoms with Gasteiger partial charge in [-0.2, -0.15) is 0 Å². The van der Waals surface area contributed by atoms with Gasteiger partial charge in [0.1, 0.15) is 0 Å². The van der Waals surface area contributed by atoms with Crippen molar-refractivity contribution in [1.29, 1.82) is 0 Å². The van der Waals surface area contributed by atoms with Crippen LogP contribution in [0.4, 0.5) is 8.78 Å². The molecule has 0 fully saturated rings. The van der Waals surface area contributed by atoms with Crippen LogP contribution in [-0.2, 0) is 43.9 Å². The van der Waals surface area contributed by atoms with Gasteiger partial charge in [0.25, 0.3) is 6.43 Å². The predicted octanol–water partition coefficient (Wildman–Crippen LogP) is 3.28. The number of nitrogens with zero attached hydrogens (tertiary/aromatic N) is 1. The number of halogens is 2. The number of alkyl halides is 2. The van der Waals surface area contributed by atoms with E-state index < -0.39 is 13.0 Å². The van der Waals surface area contributed by atoms with Crippen LogP contribution in [0.5, 0.6) is 0 Å². The van der Waals surface area contributed by atoms with Crippen LogP contribution >= 0.6 is 0 Å². The summed E-state index contributed by atoms with van der Waals surface area (Å²) in [4.78, 5) is 13.0. The first-order chi connectivity index (χ1) is 9.13. The zero-order valence-electron chi connectivity index (χ0n) is 11.4. The van der Waals surface area contributed by atoms with Crippen molar-refractivity contribution in [1.82, 2.24) is 4.90 Å². The fourth-order valence-corrected chi connectivity index (χ4v) is 2.27. The number of amides is 1. The van der Waals surface area contributed by atoms with E-state index in [4.69, 9.17) is 0 Å². The molecule has 1 aromatic rings. The second kappa shape index (κ2) is 7.99. The van der Waals surface area contributed by atoms with Crippen molar-refractivity contribution < 1.29 is 46.3 Å². The first-order valence-corrected chi connectivity index (χ1v) is 6.41. The van der Waals surface area contributed by atoms with E-state index in [-0.39, 0.29) is 45.0 Å². The first-order valence-electron chi connectivity index (χ1n) is 6.41. The summed E-state index contributed by atoms with van der Waals surface area (Å²) in [5, 5.41) is 0. The van der Waals surface area contributed by atoms with E-state index in [1.807, 2.05) is 31.2 Å². The van der Waals surface area contributed by atoms with Crippen molar-refractivity contribution in [2.45, 2.75) is 32.6 Å². The van der Waals surface area contributed by atoms with E-state index >= 15 is 0 Å². The predicted molar refractivity (Wildman–Crippen MR) is 69.4 cm³/mol. The number of hydrogen-bond acceptors (Lipinski definition) is 1. The standard InChI is InChI=1S/C15H16F2NO.Y/c1-2-11-6-3-4-7-12(11)13-8-5-9-15(19)18(13)10-14(16)17;/h3-4,6-7,14H,2,5,9-10H2,1H3;/q-1;. The topological polar surface area (TPSA) is 20.3 Å². The third-order valence-electron chi connectivity index (χ3n) is 3.18. The molecule has 1 aliphatic heterocycles. The average Bonchev–Trinajstić information content (AvgIpc) is 2.40. The normalized spacial score (nSPS) is 15.1. The maximum absolute atomic E-state index is 12.6. The van der Waals surface area contributed by atoms with Gasteiger partial charge < -0.3 is 4.90 Å². The van der Waals surface area contributed by atoms with Crippen molar-refractivity contribution in [3.63, 3.8) is 0 Å². The zero-order valence-corrected chi connectivity index (χ0v) is 14.2. The molecule has 5 heteroatoms. The quantitative estimate of drug-likeness (QED) is 0.761. The molecule has 105 valence electrons. The largest absolute Gasteiger partial charge is 0.342 e. The van der Waals surface area contributed by atoms with E-state index in [9.17, 15) is 13.6 Å². The summed E-state index contributed by atoms with van der Waals surface area (Å²) in [5.74, 6) is -0.250. The summed E-state index contributed by atoms with van der Waals surface area (Å²) in [6.07, 6.45) is 2.09. The molecule has 2 nitrogen and oxygen atoms in total. The molecule has 1 radical (unpaired) electrons. The molecule has 0 spiro atoms. The van der Waals surface area contributed by atoms with Gasteiger partial charge in [-0.1, -0.05) is 25.1 Å². The molecular formula is C15H16F2NOY-. The van der Waals surface area contributed by atoms with E-state index in [0.29, 0.717) is 12.1 Å². The number of rotatable bonds is 4. The monoisotopic (exact) mass is 353 g/mol. The Hall–Kier alpha value is -0.606. The van der Waals surface area contributed by atoms with E-state index in [2.05, 4.69) is 6.08 Å². The molecule has 0 saturated carbocycles. The molecule has 0 aliphatic carbocycles. The summed E-state index contributed by atoms with van der Waals surface area (Å²) in [7, 11) is 0. The minimum atomic E-state index is -2.53. The Labute approximate surface area is 143 Å². The molecule has 1 amide bonds. The summed E-state index contributed by atoms with van der Waals surface area (Å²) in [6, 6.07) is 7.57. The maximum Gasteiger partial charge on any atom is 0.256 e. The Morgan fingerprint density at radius 2 is 2.05 bits per heavy atom. The summed E-state index contributed by atoms with van der Waals surface area (Å²) >= 11 is 0. The first kappa shape index (κ1) is 17.4. The van der Waals surface area contributed by atoms with Gasteiger partial charge in [0.05, 0.1) is 6.54 Å². The summed E-state index contributed by atoms with van der Waals surface area (Å²) in [5.41, 5.74) is 2.38. The zero-order chi connectivity index (χ0) is 13.8. The van der Waals surface area contributed by atoms with Gasteiger partial charge in [0, 0.05) is 39.1 Å². The van der Waals surface area contributed by atoms with E-state index in [1.165, 1.54) is 4.90 Å². The van der Waals surface area contributed by atoms with Crippen LogP contribution in [-0.4, -0.2) is 23.8 Å². The summed E-state index contributed by atoms with van der Waals surface area (Å²) in [6.45, 7) is 1.45. The number of allylic oxidation sites excluding steroid dienone is 1.